The molecular weight excluding hydrogens is 306 g/mol. The van der Waals surface area contributed by atoms with Crippen molar-refractivity contribution in [3.8, 4) is 5.75 Å². The summed E-state index contributed by atoms with van der Waals surface area (Å²) in [5.41, 5.74) is 0.944. The maximum atomic E-state index is 12.2. The molecule has 126 valence electrons. The van der Waals surface area contributed by atoms with Gasteiger partial charge in [-0.25, -0.2) is 4.79 Å². The first kappa shape index (κ1) is 16.3. The highest BCUT2D eigenvalue weighted by molar-refractivity contribution is 5.67. The first-order chi connectivity index (χ1) is 11.7. The molecule has 1 heterocycles. The smallest absolute Gasteiger partial charge is 0.410 e. The summed E-state index contributed by atoms with van der Waals surface area (Å²) in [4.78, 5) is 13.8. The van der Waals surface area contributed by atoms with Crippen LogP contribution in [0.25, 0.3) is 0 Å². The molecule has 0 aromatic heterocycles. The largest absolute Gasteiger partial charge is 0.486 e. The van der Waals surface area contributed by atoms with Crippen LogP contribution in [0.1, 0.15) is 12.0 Å². The van der Waals surface area contributed by atoms with Crippen molar-refractivity contribution in [3.63, 3.8) is 0 Å². The van der Waals surface area contributed by atoms with Crippen LogP contribution in [0.5, 0.6) is 5.75 Å². The predicted octanol–water partition coefficient (Wildman–Crippen LogP) is 2.84. The second kappa shape index (κ2) is 7.84. The number of hydrogen-bond donors (Lipinski definition) is 1. The number of aliphatic hydroxyl groups is 1. The van der Waals surface area contributed by atoms with Crippen molar-refractivity contribution in [3.05, 3.63) is 66.2 Å². The van der Waals surface area contributed by atoms with Crippen molar-refractivity contribution >= 4 is 6.09 Å². The van der Waals surface area contributed by atoms with E-state index in [2.05, 4.69) is 0 Å². The lowest BCUT2D eigenvalue weighted by Crippen LogP contribution is -2.51. The van der Waals surface area contributed by atoms with Crippen LogP contribution in [0.4, 0.5) is 4.79 Å². The molecule has 3 rings (SSSR count). The van der Waals surface area contributed by atoms with Crippen molar-refractivity contribution in [2.75, 3.05) is 13.1 Å². The third-order valence-electron chi connectivity index (χ3n) is 4.02. The standard InChI is InChI=1S/C19H21NO4/c21-17-11-12-20(13-18(17)24-16-9-5-2-6-10-16)19(22)23-14-15-7-3-1-4-8-15/h1-10,17-18,21H,11-14H2/t17-,18-/m1/s1. The highest BCUT2D eigenvalue weighted by atomic mass is 16.6. The van der Waals surface area contributed by atoms with E-state index in [1.165, 1.54) is 0 Å². The van der Waals surface area contributed by atoms with Gasteiger partial charge in [-0.3, -0.25) is 0 Å². The van der Waals surface area contributed by atoms with Crippen LogP contribution < -0.4 is 4.74 Å². The summed E-state index contributed by atoms with van der Waals surface area (Å²) < 4.78 is 11.2. The Bertz CT molecular complexity index is 647. The Morgan fingerprint density at radius 1 is 1.08 bits per heavy atom. The quantitative estimate of drug-likeness (QED) is 0.938. The van der Waals surface area contributed by atoms with Crippen molar-refractivity contribution in [2.45, 2.75) is 25.2 Å². The second-order valence-electron chi connectivity index (χ2n) is 5.81. The molecule has 1 aliphatic heterocycles. The van der Waals surface area contributed by atoms with E-state index in [1.54, 1.807) is 4.90 Å². The van der Waals surface area contributed by atoms with Gasteiger partial charge in [-0.15, -0.1) is 0 Å². The molecule has 0 radical (unpaired) electrons. The molecule has 1 aliphatic rings. The number of nitrogens with zero attached hydrogens (tertiary/aromatic N) is 1. The average molecular weight is 327 g/mol. The van der Waals surface area contributed by atoms with Gasteiger partial charge in [0.15, 0.2) is 0 Å². The Labute approximate surface area is 141 Å². The van der Waals surface area contributed by atoms with Gasteiger partial charge in [-0.2, -0.15) is 0 Å². The van der Waals surface area contributed by atoms with Crippen LogP contribution >= 0.6 is 0 Å². The lowest BCUT2D eigenvalue weighted by molar-refractivity contribution is -0.0245. The molecule has 24 heavy (non-hydrogen) atoms. The Hall–Kier alpha value is -2.53. The molecule has 1 saturated heterocycles. The fourth-order valence-corrected chi connectivity index (χ4v) is 2.67. The summed E-state index contributed by atoms with van der Waals surface area (Å²) in [6.45, 7) is 1.01. The minimum atomic E-state index is -0.594. The second-order valence-corrected chi connectivity index (χ2v) is 5.81. The zero-order valence-corrected chi connectivity index (χ0v) is 13.4. The van der Waals surface area contributed by atoms with E-state index in [-0.39, 0.29) is 12.7 Å². The monoisotopic (exact) mass is 327 g/mol. The molecule has 1 amide bonds. The average Bonchev–Trinajstić information content (AvgIpc) is 2.63. The number of rotatable bonds is 4. The normalized spacial score (nSPS) is 20.5. The van der Waals surface area contributed by atoms with Gasteiger partial charge in [0.05, 0.1) is 12.6 Å². The highest BCUT2D eigenvalue weighted by Crippen LogP contribution is 2.19. The fraction of sp³-hybridized carbons (Fsp3) is 0.316. The maximum Gasteiger partial charge on any atom is 0.410 e. The van der Waals surface area contributed by atoms with Gasteiger partial charge < -0.3 is 19.5 Å². The molecule has 2 aromatic carbocycles. The Morgan fingerprint density at radius 3 is 2.46 bits per heavy atom. The SMILES string of the molecule is O=C(OCc1ccccc1)N1CC[C@@H](O)[C@H](Oc2ccccc2)C1. The van der Waals surface area contributed by atoms with Gasteiger partial charge in [0.2, 0.25) is 0 Å². The number of carbonyl (C=O) groups excluding carboxylic acids is 1. The van der Waals surface area contributed by atoms with Crippen LogP contribution in [-0.4, -0.2) is 41.4 Å². The van der Waals surface area contributed by atoms with Gasteiger partial charge in [-0.1, -0.05) is 48.5 Å². The third-order valence-corrected chi connectivity index (χ3v) is 4.02. The number of amides is 1. The minimum Gasteiger partial charge on any atom is -0.486 e. The van der Waals surface area contributed by atoms with Crippen LogP contribution in [0.3, 0.4) is 0 Å². The molecular formula is C19H21NO4. The number of para-hydroxylation sites is 1. The lowest BCUT2D eigenvalue weighted by atomic mass is 10.1. The highest BCUT2D eigenvalue weighted by Gasteiger charge is 2.32. The van der Waals surface area contributed by atoms with E-state index in [0.29, 0.717) is 25.3 Å². The van der Waals surface area contributed by atoms with E-state index in [4.69, 9.17) is 9.47 Å². The number of piperidine rings is 1. The van der Waals surface area contributed by atoms with Gasteiger partial charge in [0.25, 0.3) is 0 Å². The molecule has 5 heteroatoms. The van der Waals surface area contributed by atoms with Gasteiger partial charge in [0.1, 0.15) is 18.5 Å². The summed E-state index contributed by atoms with van der Waals surface area (Å²) in [5, 5.41) is 10.1. The van der Waals surface area contributed by atoms with Crippen molar-refractivity contribution in [2.24, 2.45) is 0 Å². The Morgan fingerprint density at radius 2 is 1.75 bits per heavy atom. The molecule has 1 fully saturated rings. The van der Waals surface area contributed by atoms with E-state index in [9.17, 15) is 9.90 Å². The summed E-state index contributed by atoms with van der Waals surface area (Å²) in [5.74, 6) is 0.682. The molecule has 2 aromatic rings. The topological polar surface area (TPSA) is 59.0 Å². The summed E-state index contributed by atoms with van der Waals surface area (Å²) in [7, 11) is 0. The van der Waals surface area contributed by atoms with Crippen molar-refractivity contribution < 1.29 is 19.4 Å². The summed E-state index contributed by atoms with van der Waals surface area (Å²) in [6.07, 6.45) is -0.959. The zero-order chi connectivity index (χ0) is 16.8. The molecule has 0 saturated carbocycles. The Kier molecular flexibility index (Phi) is 5.33. The van der Waals surface area contributed by atoms with Gasteiger partial charge in [-0.05, 0) is 24.1 Å². The van der Waals surface area contributed by atoms with E-state index in [1.807, 2.05) is 60.7 Å². The maximum absolute atomic E-state index is 12.2. The van der Waals surface area contributed by atoms with E-state index in [0.717, 1.165) is 5.56 Å². The Balaban J connectivity index is 1.55. The minimum absolute atomic E-state index is 0.239. The van der Waals surface area contributed by atoms with Crippen molar-refractivity contribution in [1.29, 1.82) is 0 Å². The first-order valence-corrected chi connectivity index (χ1v) is 8.08. The fourth-order valence-electron chi connectivity index (χ4n) is 2.67. The number of ether oxygens (including phenoxy) is 2. The molecule has 5 nitrogen and oxygen atoms in total. The molecule has 0 spiro atoms. The lowest BCUT2D eigenvalue weighted by Gasteiger charge is -2.35. The number of benzene rings is 2. The van der Waals surface area contributed by atoms with E-state index >= 15 is 0 Å². The summed E-state index contributed by atoms with van der Waals surface area (Å²) in [6, 6.07) is 18.9. The zero-order valence-electron chi connectivity index (χ0n) is 13.4. The number of carbonyl (C=O) groups is 1. The molecule has 0 bridgehead atoms. The van der Waals surface area contributed by atoms with Crippen LogP contribution in [0.15, 0.2) is 60.7 Å². The number of aliphatic hydroxyl groups excluding tert-OH is 1. The van der Waals surface area contributed by atoms with Crippen LogP contribution in [0.2, 0.25) is 0 Å². The predicted molar refractivity (Wildman–Crippen MR) is 89.7 cm³/mol. The summed E-state index contributed by atoms with van der Waals surface area (Å²) >= 11 is 0. The van der Waals surface area contributed by atoms with Gasteiger partial charge >= 0.3 is 6.09 Å². The molecule has 0 aliphatic carbocycles. The molecule has 1 N–H and O–H groups in total. The van der Waals surface area contributed by atoms with Crippen molar-refractivity contribution in [1.82, 2.24) is 4.90 Å². The molecule has 2 atom stereocenters. The third kappa shape index (κ3) is 4.26. The van der Waals surface area contributed by atoms with Crippen LogP contribution in [0, 0.1) is 0 Å². The first-order valence-electron chi connectivity index (χ1n) is 8.08. The number of likely N-dealkylation sites (tertiary alicyclic amines) is 1. The number of hydrogen-bond acceptors (Lipinski definition) is 4. The molecule has 0 unspecified atom stereocenters. The van der Waals surface area contributed by atoms with Gasteiger partial charge in [0, 0.05) is 6.54 Å². The van der Waals surface area contributed by atoms with E-state index < -0.39 is 12.2 Å². The van der Waals surface area contributed by atoms with Crippen LogP contribution in [-0.2, 0) is 11.3 Å².